The number of thioether (sulfide) groups is 1. The maximum atomic E-state index is 5.72. The predicted octanol–water partition coefficient (Wildman–Crippen LogP) is 13.0. The number of thiophene rings is 1. The summed E-state index contributed by atoms with van der Waals surface area (Å²) in [6.45, 7) is 0. The van der Waals surface area contributed by atoms with E-state index in [0.717, 1.165) is 47.8 Å². The van der Waals surface area contributed by atoms with E-state index in [1.165, 1.54) is 101 Å². The SMILES string of the molecule is C1=CCC2C(=C1)Sc1c(-c3ccc4c(c3)c3ccccc3n4-c3ccccc3)nc(-n3c4c5c(n6c7ccccc7c7ccc8sc9ccc3c5c9c8c76)CCC=4)nc12. The van der Waals surface area contributed by atoms with Crippen molar-refractivity contribution < 1.29 is 0 Å². The summed E-state index contributed by atoms with van der Waals surface area (Å²) >= 11 is 3.77. The standard InChI is InChI=1S/C52H31N5S2/c1-2-11-29(12-3-1)55-35-16-7-5-14-31(35)34-27-28(21-23-37(34)55)48-51-49(33-15-6-9-20-41(33)59-51)54-52(53-48)57-39-19-10-18-38-44(39)45-40(57)24-26-42-46(45)47-43(58-42)25-22-32-30-13-4-8-17-36(30)56(38)50(32)47/h1-9,11-14,16-17,19-27,33H,10,15,18H2. The Morgan fingerprint density at radius 3 is 2.32 bits per heavy atom. The molecule has 59 heavy (non-hydrogen) atoms. The molecule has 1 aliphatic heterocycles. The van der Waals surface area contributed by atoms with Crippen molar-refractivity contribution in [1.82, 2.24) is 23.5 Å². The van der Waals surface area contributed by atoms with Crippen LogP contribution in [-0.4, -0.2) is 23.5 Å². The molecule has 12 aromatic rings. The van der Waals surface area contributed by atoms with Crippen molar-refractivity contribution in [1.29, 1.82) is 0 Å². The van der Waals surface area contributed by atoms with Crippen molar-refractivity contribution in [3.05, 3.63) is 161 Å². The molecule has 6 aromatic carbocycles. The van der Waals surface area contributed by atoms with Crippen LogP contribution < -0.4 is 5.35 Å². The first-order valence-corrected chi connectivity index (χ1v) is 22.1. The van der Waals surface area contributed by atoms with E-state index in [2.05, 4.69) is 159 Å². The van der Waals surface area contributed by atoms with Gasteiger partial charge in [0.1, 0.15) is 0 Å². The molecule has 0 spiro atoms. The third kappa shape index (κ3) is 3.88. The molecule has 7 heterocycles. The second-order valence-electron chi connectivity index (χ2n) is 16.3. The van der Waals surface area contributed by atoms with Gasteiger partial charge in [0, 0.05) is 75.4 Å². The molecule has 1 atom stereocenters. The van der Waals surface area contributed by atoms with E-state index in [0.29, 0.717) is 0 Å². The Balaban J connectivity index is 1.06. The molecule has 6 aromatic heterocycles. The lowest BCUT2D eigenvalue weighted by atomic mass is 9.95. The van der Waals surface area contributed by atoms with Gasteiger partial charge in [-0.05, 0) is 78.8 Å². The molecule has 276 valence electrons. The quantitative estimate of drug-likeness (QED) is 0.179. The summed E-state index contributed by atoms with van der Waals surface area (Å²) in [4.78, 5) is 13.9. The van der Waals surface area contributed by atoms with Crippen LogP contribution in [0.1, 0.15) is 30.1 Å². The molecule has 0 radical (unpaired) electrons. The van der Waals surface area contributed by atoms with Crippen LogP contribution in [0, 0.1) is 0 Å². The summed E-state index contributed by atoms with van der Waals surface area (Å²) in [5.41, 5.74) is 12.0. The normalized spacial score (nSPS) is 16.2. The zero-order chi connectivity index (χ0) is 38.1. The van der Waals surface area contributed by atoms with Crippen molar-refractivity contribution in [2.24, 2.45) is 0 Å². The molecule has 2 aliphatic carbocycles. The van der Waals surface area contributed by atoms with Gasteiger partial charge in [0.25, 0.3) is 0 Å². The lowest BCUT2D eigenvalue weighted by molar-refractivity contribution is 0.772. The Morgan fingerprint density at radius 1 is 0.627 bits per heavy atom. The highest BCUT2D eigenvalue weighted by molar-refractivity contribution is 8.03. The van der Waals surface area contributed by atoms with Gasteiger partial charge in [-0.15, -0.1) is 11.3 Å². The topological polar surface area (TPSA) is 40.0 Å². The van der Waals surface area contributed by atoms with Crippen molar-refractivity contribution in [2.45, 2.75) is 30.1 Å². The number of para-hydroxylation sites is 3. The lowest BCUT2D eigenvalue weighted by Gasteiger charge is -2.16. The predicted molar refractivity (Wildman–Crippen MR) is 247 cm³/mol. The van der Waals surface area contributed by atoms with E-state index in [1.807, 2.05) is 23.1 Å². The highest BCUT2D eigenvalue weighted by atomic mass is 32.2. The summed E-state index contributed by atoms with van der Waals surface area (Å²) in [7, 11) is 0. The highest BCUT2D eigenvalue weighted by Gasteiger charge is 2.35. The molecule has 1 unspecified atom stereocenters. The average Bonchev–Trinajstić information content (AvgIpc) is 4.08. The number of fused-ring (bicyclic) bond motifs is 10. The van der Waals surface area contributed by atoms with E-state index < -0.39 is 0 Å². The first kappa shape index (κ1) is 31.3. The van der Waals surface area contributed by atoms with E-state index >= 15 is 0 Å². The molecular formula is C52H31N5S2. The summed E-state index contributed by atoms with van der Waals surface area (Å²) in [5.74, 6) is 0.981. The largest absolute Gasteiger partial charge is 0.312 e. The fourth-order valence-electron chi connectivity index (χ4n) is 11.0. The van der Waals surface area contributed by atoms with Crippen LogP contribution in [0.15, 0.2) is 149 Å². The number of rotatable bonds is 3. The minimum absolute atomic E-state index is 0.224. The van der Waals surface area contributed by atoms with Gasteiger partial charge in [0.05, 0.1) is 49.2 Å². The maximum absolute atomic E-state index is 5.72. The monoisotopic (exact) mass is 789 g/mol. The Hall–Kier alpha value is -6.67. The summed E-state index contributed by atoms with van der Waals surface area (Å²) in [6.07, 6.45) is 12.1. The third-order valence-corrected chi connectivity index (χ3v) is 15.8. The number of allylic oxidation sites excluding steroid dienone is 4. The molecule has 7 heteroatoms. The van der Waals surface area contributed by atoms with E-state index in [-0.39, 0.29) is 5.92 Å². The first-order valence-electron chi connectivity index (χ1n) is 20.5. The van der Waals surface area contributed by atoms with Crippen molar-refractivity contribution >= 4 is 109 Å². The average molecular weight is 790 g/mol. The third-order valence-electron chi connectivity index (χ3n) is 13.4. The Morgan fingerprint density at radius 2 is 1.41 bits per heavy atom. The zero-order valence-electron chi connectivity index (χ0n) is 31.6. The number of nitrogens with zero attached hydrogens (tertiary/aromatic N) is 5. The van der Waals surface area contributed by atoms with Gasteiger partial charge in [-0.1, -0.05) is 103 Å². The minimum atomic E-state index is 0.224. The smallest absolute Gasteiger partial charge is 0.235 e. The van der Waals surface area contributed by atoms with Gasteiger partial charge in [-0.2, -0.15) is 0 Å². The van der Waals surface area contributed by atoms with Crippen LogP contribution in [0.25, 0.3) is 109 Å². The summed E-state index contributed by atoms with van der Waals surface area (Å²) in [5, 5.41) is 11.8. The van der Waals surface area contributed by atoms with Crippen LogP contribution >= 0.6 is 23.1 Å². The van der Waals surface area contributed by atoms with E-state index in [9.17, 15) is 0 Å². The summed E-state index contributed by atoms with van der Waals surface area (Å²) < 4.78 is 10.1. The molecular weight excluding hydrogens is 759 g/mol. The van der Waals surface area contributed by atoms with Gasteiger partial charge in [0.15, 0.2) is 0 Å². The molecule has 3 aliphatic rings. The second kappa shape index (κ2) is 11.1. The van der Waals surface area contributed by atoms with Crippen LogP contribution in [0.5, 0.6) is 0 Å². The lowest BCUT2D eigenvalue weighted by Crippen LogP contribution is -2.21. The number of aryl methyl sites for hydroxylation is 1. The fraction of sp³-hybridized carbons (Fsp3) is 0.0769. The van der Waals surface area contributed by atoms with Crippen LogP contribution in [0.4, 0.5) is 0 Å². The van der Waals surface area contributed by atoms with Crippen LogP contribution in [-0.2, 0) is 6.42 Å². The number of hydrogen-bond acceptors (Lipinski definition) is 4. The highest BCUT2D eigenvalue weighted by Crippen LogP contribution is 2.54. The minimum Gasteiger partial charge on any atom is -0.312 e. The Bertz CT molecular complexity index is 3970. The van der Waals surface area contributed by atoms with Crippen LogP contribution in [0.3, 0.4) is 0 Å². The maximum Gasteiger partial charge on any atom is 0.235 e. The molecule has 15 rings (SSSR count). The van der Waals surface area contributed by atoms with Gasteiger partial charge in [-0.25, -0.2) is 9.97 Å². The molecule has 0 bridgehead atoms. The van der Waals surface area contributed by atoms with Gasteiger partial charge >= 0.3 is 0 Å². The first-order chi connectivity index (χ1) is 29.3. The summed E-state index contributed by atoms with van der Waals surface area (Å²) in [6, 6.07) is 44.8. The van der Waals surface area contributed by atoms with Crippen molar-refractivity contribution in [3.63, 3.8) is 0 Å². The Labute approximate surface area is 345 Å². The molecule has 0 N–H and O–H groups in total. The zero-order valence-corrected chi connectivity index (χ0v) is 33.2. The Kier molecular flexibility index (Phi) is 5.89. The van der Waals surface area contributed by atoms with Crippen molar-refractivity contribution in [2.75, 3.05) is 0 Å². The van der Waals surface area contributed by atoms with Crippen molar-refractivity contribution in [3.8, 4) is 22.9 Å². The van der Waals surface area contributed by atoms with Gasteiger partial charge in [0.2, 0.25) is 5.95 Å². The molecule has 0 saturated carbocycles. The number of aromatic nitrogens is 5. The second-order valence-corrected chi connectivity index (χ2v) is 18.5. The molecule has 0 fully saturated rings. The molecule has 5 nitrogen and oxygen atoms in total. The molecule has 0 saturated heterocycles. The number of benzene rings is 6. The van der Waals surface area contributed by atoms with E-state index in [1.54, 1.807) is 0 Å². The van der Waals surface area contributed by atoms with Gasteiger partial charge in [-0.3, -0.25) is 4.57 Å². The van der Waals surface area contributed by atoms with Crippen LogP contribution in [0.2, 0.25) is 0 Å². The molecule has 0 amide bonds. The fourth-order valence-corrected chi connectivity index (χ4v) is 13.4. The van der Waals surface area contributed by atoms with E-state index in [4.69, 9.17) is 9.97 Å². The van der Waals surface area contributed by atoms with Gasteiger partial charge < -0.3 is 8.97 Å². The number of hydrogen-bond donors (Lipinski definition) is 0.